The Morgan fingerprint density at radius 3 is 2.67 bits per heavy atom. The van der Waals surface area contributed by atoms with Gasteiger partial charge in [0.25, 0.3) is 5.91 Å². The van der Waals surface area contributed by atoms with Crippen LogP contribution in [0.2, 0.25) is 0 Å². The second kappa shape index (κ2) is 4.83. The molecule has 0 radical (unpaired) electrons. The largest absolute Gasteiger partial charge is 0.342 e. The SMILES string of the molecule is Cc1ccc(N2CCC(=O)NC(C)(C3CC3)C2=O)c(F)c1. The molecule has 1 heterocycles. The van der Waals surface area contributed by atoms with Crippen LogP contribution in [-0.2, 0) is 9.59 Å². The smallest absolute Gasteiger partial charge is 0.252 e. The molecular formula is C16H19FN2O2. The molecule has 0 spiro atoms. The van der Waals surface area contributed by atoms with E-state index in [4.69, 9.17) is 0 Å². The number of carbonyl (C=O) groups is 2. The molecule has 2 aliphatic rings. The molecule has 1 atom stereocenters. The number of amides is 2. The van der Waals surface area contributed by atoms with Crippen molar-refractivity contribution in [2.45, 2.75) is 38.6 Å². The number of anilines is 1. The lowest BCUT2D eigenvalue weighted by molar-refractivity contribution is -0.130. The molecule has 3 rings (SSSR count). The Labute approximate surface area is 123 Å². The number of benzene rings is 1. The van der Waals surface area contributed by atoms with Crippen molar-refractivity contribution in [1.82, 2.24) is 5.32 Å². The first-order chi connectivity index (χ1) is 9.91. The van der Waals surface area contributed by atoms with Gasteiger partial charge in [-0.1, -0.05) is 6.07 Å². The van der Waals surface area contributed by atoms with Gasteiger partial charge in [-0.2, -0.15) is 0 Å². The van der Waals surface area contributed by atoms with Crippen LogP contribution in [0.15, 0.2) is 18.2 Å². The van der Waals surface area contributed by atoms with Gasteiger partial charge >= 0.3 is 0 Å². The van der Waals surface area contributed by atoms with Gasteiger partial charge in [-0.3, -0.25) is 9.59 Å². The number of aryl methyl sites for hydroxylation is 1. The Bertz CT molecular complexity index is 612. The van der Waals surface area contributed by atoms with Crippen molar-refractivity contribution in [1.29, 1.82) is 0 Å². The molecule has 1 aromatic carbocycles. The van der Waals surface area contributed by atoms with Crippen LogP contribution in [0.3, 0.4) is 0 Å². The second-order valence-electron chi connectivity index (χ2n) is 6.19. The molecule has 2 fully saturated rings. The van der Waals surface area contributed by atoms with E-state index in [0.717, 1.165) is 18.4 Å². The maximum Gasteiger partial charge on any atom is 0.252 e. The maximum absolute atomic E-state index is 14.2. The molecule has 4 nitrogen and oxygen atoms in total. The highest BCUT2D eigenvalue weighted by Crippen LogP contribution is 2.42. The Hall–Kier alpha value is -1.91. The van der Waals surface area contributed by atoms with E-state index in [-0.39, 0.29) is 36.4 Å². The van der Waals surface area contributed by atoms with Crippen molar-refractivity contribution in [2.24, 2.45) is 5.92 Å². The van der Waals surface area contributed by atoms with Crippen LogP contribution in [0.1, 0.15) is 31.7 Å². The summed E-state index contributed by atoms with van der Waals surface area (Å²) in [6.07, 6.45) is 2.04. The topological polar surface area (TPSA) is 49.4 Å². The lowest BCUT2D eigenvalue weighted by Crippen LogP contribution is -2.57. The molecule has 2 amide bonds. The highest BCUT2D eigenvalue weighted by atomic mass is 19.1. The van der Waals surface area contributed by atoms with Gasteiger partial charge in [0.05, 0.1) is 5.69 Å². The summed E-state index contributed by atoms with van der Waals surface area (Å²) in [5.74, 6) is -0.620. The van der Waals surface area contributed by atoms with Crippen LogP contribution in [0, 0.1) is 18.7 Å². The second-order valence-corrected chi connectivity index (χ2v) is 6.19. The quantitative estimate of drug-likeness (QED) is 0.907. The summed E-state index contributed by atoms with van der Waals surface area (Å²) >= 11 is 0. The van der Waals surface area contributed by atoms with Crippen molar-refractivity contribution >= 4 is 17.5 Å². The van der Waals surface area contributed by atoms with E-state index in [1.54, 1.807) is 26.0 Å². The summed E-state index contributed by atoms with van der Waals surface area (Å²) < 4.78 is 14.2. The average Bonchev–Trinajstić information content (AvgIpc) is 3.24. The van der Waals surface area contributed by atoms with Crippen LogP contribution >= 0.6 is 0 Å². The Morgan fingerprint density at radius 2 is 2.05 bits per heavy atom. The summed E-state index contributed by atoms with van der Waals surface area (Å²) in [6, 6.07) is 4.81. The third-order valence-electron chi connectivity index (χ3n) is 4.44. The summed E-state index contributed by atoms with van der Waals surface area (Å²) in [7, 11) is 0. The van der Waals surface area contributed by atoms with E-state index in [0.29, 0.717) is 0 Å². The lowest BCUT2D eigenvalue weighted by Gasteiger charge is -2.32. The number of nitrogens with one attached hydrogen (secondary N) is 1. The molecule has 1 N–H and O–H groups in total. The number of carbonyl (C=O) groups excluding carboxylic acids is 2. The van der Waals surface area contributed by atoms with Gasteiger partial charge in [0, 0.05) is 13.0 Å². The highest BCUT2D eigenvalue weighted by Gasteiger charge is 2.51. The number of hydrogen-bond donors (Lipinski definition) is 1. The van der Waals surface area contributed by atoms with Crippen molar-refractivity contribution in [3.05, 3.63) is 29.6 Å². The maximum atomic E-state index is 14.2. The standard InChI is InChI=1S/C16H19FN2O2/c1-10-3-6-13(12(17)9-10)19-8-7-14(20)18-16(2,15(19)21)11-4-5-11/h3,6,9,11H,4-5,7-8H2,1-2H3,(H,18,20). The van der Waals surface area contributed by atoms with E-state index >= 15 is 0 Å². The number of halogens is 1. The molecule has 0 bridgehead atoms. The molecule has 1 unspecified atom stereocenters. The summed E-state index contributed by atoms with van der Waals surface area (Å²) in [4.78, 5) is 26.2. The number of nitrogens with zero attached hydrogens (tertiary/aromatic N) is 1. The minimum Gasteiger partial charge on any atom is -0.342 e. The van der Waals surface area contributed by atoms with E-state index in [2.05, 4.69) is 5.32 Å². The Kier molecular flexibility index (Phi) is 3.23. The van der Waals surface area contributed by atoms with Gasteiger partial charge in [-0.05, 0) is 50.3 Å². The van der Waals surface area contributed by atoms with E-state index in [1.165, 1.54) is 11.0 Å². The normalized spacial score (nSPS) is 26.5. The van der Waals surface area contributed by atoms with Gasteiger partial charge in [0.15, 0.2) is 0 Å². The van der Waals surface area contributed by atoms with Crippen LogP contribution < -0.4 is 10.2 Å². The number of hydrogen-bond acceptors (Lipinski definition) is 2. The van der Waals surface area contributed by atoms with Crippen molar-refractivity contribution in [3.8, 4) is 0 Å². The van der Waals surface area contributed by atoms with E-state index in [1.807, 2.05) is 0 Å². The van der Waals surface area contributed by atoms with Crippen molar-refractivity contribution in [2.75, 3.05) is 11.4 Å². The van der Waals surface area contributed by atoms with Crippen molar-refractivity contribution < 1.29 is 14.0 Å². The van der Waals surface area contributed by atoms with E-state index in [9.17, 15) is 14.0 Å². The molecule has 0 aromatic heterocycles. The molecule has 112 valence electrons. The fourth-order valence-electron chi connectivity index (χ4n) is 3.00. The Morgan fingerprint density at radius 1 is 1.33 bits per heavy atom. The Balaban J connectivity index is 2.00. The molecule has 1 aliphatic carbocycles. The first-order valence-corrected chi connectivity index (χ1v) is 7.31. The molecular weight excluding hydrogens is 271 g/mol. The minimum atomic E-state index is -0.912. The molecule has 1 aliphatic heterocycles. The first kappa shape index (κ1) is 14.0. The van der Waals surface area contributed by atoms with Gasteiger partial charge in [0.2, 0.25) is 5.91 Å². The van der Waals surface area contributed by atoms with Crippen LogP contribution in [-0.4, -0.2) is 23.9 Å². The van der Waals surface area contributed by atoms with Crippen LogP contribution in [0.4, 0.5) is 10.1 Å². The molecule has 5 heteroatoms. The van der Waals surface area contributed by atoms with Crippen LogP contribution in [0.5, 0.6) is 0 Å². The summed E-state index contributed by atoms with van der Waals surface area (Å²) in [5, 5.41) is 2.84. The van der Waals surface area contributed by atoms with E-state index < -0.39 is 11.4 Å². The zero-order chi connectivity index (χ0) is 15.2. The van der Waals surface area contributed by atoms with Gasteiger partial charge < -0.3 is 10.2 Å². The zero-order valence-electron chi connectivity index (χ0n) is 12.3. The van der Waals surface area contributed by atoms with Crippen molar-refractivity contribution in [3.63, 3.8) is 0 Å². The zero-order valence-corrected chi connectivity index (χ0v) is 12.3. The summed E-state index contributed by atoms with van der Waals surface area (Å²) in [5.41, 5.74) is 0.150. The molecule has 21 heavy (non-hydrogen) atoms. The number of rotatable bonds is 2. The molecule has 1 aromatic rings. The third-order valence-corrected chi connectivity index (χ3v) is 4.44. The fraction of sp³-hybridized carbons (Fsp3) is 0.500. The minimum absolute atomic E-state index is 0.146. The lowest BCUT2D eigenvalue weighted by atomic mass is 9.94. The monoisotopic (exact) mass is 290 g/mol. The third kappa shape index (κ3) is 2.41. The van der Waals surface area contributed by atoms with Gasteiger partial charge in [0.1, 0.15) is 11.4 Å². The molecule has 1 saturated heterocycles. The molecule has 1 saturated carbocycles. The highest BCUT2D eigenvalue weighted by molar-refractivity contribution is 6.04. The fourth-order valence-corrected chi connectivity index (χ4v) is 3.00. The first-order valence-electron chi connectivity index (χ1n) is 7.31. The summed E-state index contributed by atoms with van der Waals surface area (Å²) in [6.45, 7) is 3.78. The van der Waals surface area contributed by atoms with Gasteiger partial charge in [-0.25, -0.2) is 4.39 Å². The predicted octanol–water partition coefficient (Wildman–Crippen LogP) is 2.16. The predicted molar refractivity (Wildman–Crippen MR) is 77.4 cm³/mol. The average molecular weight is 290 g/mol. The van der Waals surface area contributed by atoms with Gasteiger partial charge in [-0.15, -0.1) is 0 Å². The van der Waals surface area contributed by atoms with Crippen LogP contribution in [0.25, 0.3) is 0 Å².